The van der Waals surface area contributed by atoms with E-state index in [9.17, 15) is 19.2 Å². The van der Waals surface area contributed by atoms with E-state index in [1.807, 2.05) is 45.9 Å². The van der Waals surface area contributed by atoms with Gasteiger partial charge in [0.05, 0.1) is 6.42 Å². The Kier molecular flexibility index (Phi) is 9.88. The minimum Gasteiger partial charge on any atom is -0.444 e. The van der Waals surface area contributed by atoms with Crippen molar-refractivity contribution in [2.45, 2.75) is 105 Å². The van der Waals surface area contributed by atoms with Crippen LogP contribution >= 0.6 is 0 Å². The number of rotatable bonds is 8. The summed E-state index contributed by atoms with van der Waals surface area (Å²) in [5.41, 5.74) is 6.10. The van der Waals surface area contributed by atoms with Crippen LogP contribution in [0.15, 0.2) is 18.2 Å². The Morgan fingerprint density at radius 1 is 0.971 bits per heavy atom. The largest absolute Gasteiger partial charge is 0.444 e. The molecule has 4 amide bonds. The van der Waals surface area contributed by atoms with E-state index in [1.54, 1.807) is 41.5 Å². The molecule has 196 valence electrons. The molecule has 1 rings (SSSR count). The Balaban J connectivity index is 3.68. The first-order chi connectivity index (χ1) is 15.8. The van der Waals surface area contributed by atoms with E-state index in [1.165, 1.54) is 4.90 Å². The molecule has 0 aliphatic carbocycles. The number of nitrogens with two attached hydrogens (primary N) is 1. The monoisotopic (exact) mass is 490 g/mol. The molecule has 2 unspecified atom stereocenters. The smallest absolute Gasteiger partial charge is 0.408 e. The SMILES string of the molecule is Cc1cccc(C)c1C(C(=O)NC(C)C)N(C(=O)C(CC(N)=O)NC(=O)OC(C)(C)C)C(C)(C)C. The molecular formula is C26H42N4O5. The lowest BCUT2D eigenvalue weighted by atomic mass is 9.90. The molecule has 0 saturated heterocycles. The van der Waals surface area contributed by atoms with Crippen LogP contribution in [0.5, 0.6) is 0 Å². The van der Waals surface area contributed by atoms with E-state index in [-0.39, 0.29) is 11.9 Å². The number of nitrogens with one attached hydrogen (secondary N) is 2. The van der Waals surface area contributed by atoms with E-state index in [2.05, 4.69) is 10.6 Å². The first-order valence-electron chi connectivity index (χ1n) is 11.8. The summed E-state index contributed by atoms with van der Waals surface area (Å²) in [5.74, 6) is -1.76. The van der Waals surface area contributed by atoms with Crippen LogP contribution in [0.1, 0.15) is 84.5 Å². The number of alkyl carbamates (subject to hydrolysis) is 1. The highest BCUT2D eigenvalue weighted by Crippen LogP contribution is 2.34. The molecule has 35 heavy (non-hydrogen) atoms. The van der Waals surface area contributed by atoms with Gasteiger partial charge in [-0.15, -0.1) is 0 Å². The van der Waals surface area contributed by atoms with Crippen molar-refractivity contribution >= 4 is 23.8 Å². The molecule has 0 fully saturated rings. The molecule has 0 radical (unpaired) electrons. The lowest BCUT2D eigenvalue weighted by Crippen LogP contribution is -2.59. The predicted molar refractivity (Wildman–Crippen MR) is 136 cm³/mol. The zero-order valence-electron chi connectivity index (χ0n) is 22.7. The van der Waals surface area contributed by atoms with Gasteiger partial charge in [0.15, 0.2) is 0 Å². The Morgan fingerprint density at radius 3 is 1.89 bits per heavy atom. The van der Waals surface area contributed by atoms with Crippen molar-refractivity contribution in [2.24, 2.45) is 5.73 Å². The molecule has 0 bridgehead atoms. The molecule has 4 N–H and O–H groups in total. The first kappa shape index (κ1) is 29.9. The topological polar surface area (TPSA) is 131 Å². The van der Waals surface area contributed by atoms with Gasteiger partial charge in [-0.25, -0.2) is 4.79 Å². The van der Waals surface area contributed by atoms with Crippen LogP contribution in [-0.2, 0) is 19.1 Å². The van der Waals surface area contributed by atoms with Gasteiger partial charge in [0.2, 0.25) is 17.7 Å². The Labute approximate surface area is 209 Å². The van der Waals surface area contributed by atoms with E-state index >= 15 is 0 Å². The second-order valence-corrected chi connectivity index (χ2v) is 11.1. The van der Waals surface area contributed by atoms with E-state index in [0.717, 1.165) is 11.1 Å². The Hall–Kier alpha value is -3.10. The third-order valence-electron chi connectivity index (χ3n) is 5.11. The summed E-state index contributed by atoms with van der Waals surface area (Å²) in [7, 11) is 0. The van der Waals surface area contributed by atoms with Crippen LogP contribution in [-0.4, -0.2) is 51.9 Å². The minimum atomic E-state index is -1.32. The average molecular weight is 491 g/mol. The van der Waals surface area contributed by atoms with Crippen LogP contribution in [0.2, 0.25) is 0 Å². The average Bonchev–Trinajstić information content (AvgIpc) is 2.62. The Morgan fingerprint density at radius 2 is 1.49 bits per heavy atom. The molecular weight excluding hydrogens is 448 g/mol. The van der Waals surface area contributed by atoms with Crippen molar-refractivity contribution in [3.8, 4) is 0 Å². The number of aryl methyl sites for hydroxylation is 2. The highest BCUT2D eigenvalue weighted by molar-refractivity contribution is 5.95. The molecule has 0 spiro atoms. The summed E-state index contributed by atoms with van der Waals surface area (Å²) in [5, 5.41) is 5.41. The van der Waals surface area contributed by atoms with Crippen molar-refractivity contribution in [3.63, 3.8) is 0 Å². The fraction of sp³-hybridized carbons (Fsp3) is 0.615. The number of ether oxygens (including phenoxy) is 1. The lowest BCUT2D eigenvalue weighted by molar-refractivity contribution is -0.149. The van der Waals surface area contributed by atoms with Crippen molar-refractivity contribution in [1.29, 1.82) is 0 Å². The molecule has 9 nitrogen and oxygen atoms in total. The maximum atomic E-state index is 14.0. The number of primary amides is 1. The first-order valence-corrected chi connectivity index (χ1v) is 11.8. The van der Waals surface area contributed by atoms with Gasteiger partial charge in [0.25, 0.3) is 0 Å². The van der Waals surface area contributed by atoms with E-state index in [0.29, 0.717) is 5.56 Å². The summed E-state index contributed by atoms with van der Waals surface area (Å²) in [6.45, 7) is 17.9. The normalized spacial score (nSPS) is 13.6. The summed E-state index contributed by atoms with van der Waals surface area (Å²) in [6, 6.07) is 3.14. The maximum Gasteiger partial charge on any atom is 0.408 e. The van der Waals surface area contributed by atoms with Crippen LogP contribution in [0.4, 0.5) is 4.79 Å². The summed E-state index contributed by atoms with van der Waals surface area (Å²) in [6.07, 6.45) is -1.31. The molecule has 0 aromatic heterocycles. The second-order valence-electron chi connectivity index (χ2n) is 11.1. The molecule has 0 aliphatic heterocycles. The minimum absolute atomic E-state index is 0.174. The zero-order chi connectivity index (χ0) is 27.3. The highest BCUT2D eigenvalue weighted by Gasteiger charge is 2.43. The van der Waals surface area contributed by atoms with Crippen molar-refractivity contribution in [1.82, 2.24) is 15.5 Å². The predicted octanol–water partition coefficient (Wildman–Crippen LogP) is 3.26. The number of hydrogen-bond donors (Lipinski definition) is 3. The van der Waals surface area contributed by atoms with Gasteiger partial charge in [-0.1, -0.05) is 18.2 Å². The van der Waals surface area contributed by atoms with Crippen LogP contribution < -0.4 is 16.4 Å². The van der Waals surface area contributed by atoms with Crippen molar-refractivity contribution < 1.29 is 23.9 Å². The van der Waals surface area contributed by atoms with Crippen molar-refractivity contribution in [2.75, 3.05) is 0 Å². The fourth-order valence-electron chi connectivity index (χ4n) is 3.86. The van der Waals surface area contributed by atoms with Crippen LogP contribution in [0.3, 0.4) is 0 Å². The van der Waals surface area contributed by atoms with E-state index in [4.69, 9.17) is 10.5 Å². The van der Waals surface area contributed by atoms with Gasteiger partial charge < -0.3 is 26.0 Å². The number of carbonyl (C=O) groups excluding carboxylic acids is 4. The Bertz CT molecular complexity index is 924. The quantitative estimate of drug-likeness (QED) is 0.515. The van der Waals surface area contributed by atoms with Crippen LogP contribution in [0, 0.1) is 13.8 Å². The van der Waals surface area contributed by atoms with Gasteiger partial charge in [-0.3, -0.25) is 14.4 Å². The summed E-state index contributed by atoms with van der Waals surface area (Å²) >= 11 is 0. The highest BCUT2D eigenvalue weighted by atomic mass is 16.6. The summed E-state index contributed by atoms with van der Waals surface area (Å²) < 4.78 is 5.30. The fourth-order valence-corrected chi connectivity index (χ4v) is 3.86. The van der Waals surface area contributed by atoms with Gasteiger partial charge in [-0.05, 0) is 85.9 Å². The molecule has 0 saturated carbocycles. The molecule has 1 aromatic carbocycles. The van der Waals surface area contributed by atoms with Crippen molar-refractivity contribution in [3.05, 3.63) is 34.9 Å². The van der Waals surface area contributed by atoms with E-state index < -0.39 is 47.6 Å². The van der Waals surface area contributed by atoms with Crippen LogP contribution in [0.25, 0.3) is 0 Å². The van der Waals surface area contributed by atoms with Gasteiger partial charge >= 0.3 is 6.09 Å². The summed E-state index contributed by atoms with van der Waals surface area (Å²) in [4.78, 5) is 53.4. The lowest BCUT2D eigenvalue weighted by Gasteiger charge is -2.43. The molecule has 0 aliphatic rings. The number of amides is 4. The maximum absolute atomic E-state index is 14.0. The number of hydrogen-bond acceptors (Lipinski definition) is 5. The standard InChI is InChI=1S/C26H42N4O5/c1-15(2)28-22(32)21(20-16(3)12-11-13-17(20)4)30(25(5,6)7)23(33)18(14-19(27)31)29-24(34)35-26(8,9)10/h11-13,15,18,21H,14H2,1-10H3,(H2,27,31)(H,28,32)(H,29,34). The van der Waals surface area contributed by atoms with Gasteiger partial charge in [-0.2, -0.15) is 0 Å². The number of nitrogens with zero attached hydrogens (tertiary/aromatic N) is 1. The third-order valence-corrected chi connectivity index (χ3v) is 5.11. The zero-order valence-corrected chi connectivity index (χ0v) is 22.7. The molecule has 0 heterocycles. The number of carbonyl (C=O) groups is 4. The molecule has 1 aromatic rings. The third kappa shape index (κ3) is 8.88. The number of benzene rings is 1. The molecule has 9 heteroatoms. The van der Waals surface area contributed by atoms with Gasteiger partial charge in [0, 0.05) is 11.6 Å². The molecule has 2 atom stereocenters. The van der Waals surface area contributed by atoms with Gasteiger partial charge in [0.1, 0.15) is 17.7 Å². The second kappa shape index (κ2) is 11.6.